The van der Waals surface area contributed by atoms with E-state index in [-0.39, 0.29) is 12.5 Å². The lowest BCUT2D eigenvalue weighted by molar-refractivity contribution is 0.0916. The van der Waals surface area contributed by atoms with E-state index in [1.54, 1.807) is 31.4 Å². The third kappa shape index (κ3) is 3.39. The second kappa shape index (κ2) is 7.15. The number of hydrogen-bond donors (Lipinski definition) is 2. The van der Waals surface area contributed by atoms with E-state index < -0.39 is 6.10 Å². The second-order valence-electron chi connectivity index (χ2n) is 5.53. The Morgan fingerprint density at radius 3 is 2.67 bits per heavy atom. The monoisotopic (exact) mass is 321 g/mol. The van der Waals surface area contributed by atoms with Gasteiger partial charge >= 0.3 is 0 Å². The van der Waals surface area contributed by atoms with Crippen LogP contribution in [-0.2, 0) is 0 Å². The minimum atomic E-state index is -0.773. The summed E-state index contributed by atoms with van der Waals surface area (Å²) in [5, 5.41) is 15.3. The van der Waals surface area contributed by atoms with Crippen LogP contribution in [0, 0.1) is 0 Å². The number of methoxy groups -OCH3 is 1. The van der Waals surface area contributed by atoms with Gasteiger partial charge in [0.25, 0.3) is 5.91 Å². The summed E-state index contributed by atoms with van der Waals surface area (Å²) in [6.07, 6.45) is -0.773. The third-order valence-electron chi connectivity index (χ3n) is 3.97. The molecule has 0 heterocycles. The Hall–Kier alpha value is -2.85. The Morgan fingerprint density at radius 1 is 1.08 bits per heavy atom. The summed E-state index contributed by atoms with van der Waals surface area (Å²) < 4.78 is 5.12. The van der Waals surface area contributed by atoms with Crippen molar-refractivity contribution in [1.29, 1.82) is 0 Å². The van der Waals surface area contributed by atoms with Crippen LogP contribution in [-0.4, -0.2) is 24.7 Å². The zero-order chi connectivity index (χ0) is 16.9. The highest BCUT2D eigenvalue weighted by molar-refractivity contribution is 5.94. The molecule has 0 spiro atoms. The van der Waals surface area contributed by atoms with Crippen molar-refractivity contribution >= 4 is 16.7 Å². The van der Waals surface area contributed by atoms with Gasteiger partial charge in [-0.25, -0.2) is 0 Å². The minimum absolute atomic E-state index is 0.143. The third-order valence-corrected chi connectivity index (χ3v) is 3.97. The van der Waals surface area contributed by atoms with E-state index in [0.717, 1.165) is 16.3 Å². The van der Waals surface area contributed by atoms with E-state index >= 15 is 0 Å². The molecule has 1 amide bonds. The first-order valence-electron chi connectivity index (χ1n) is 7.77. The Kier molecular flexibility index (Phi) is 4.77. The summed E-state index contributed by atoms with van der Waals surface area (Å²) in [6.45, 7) is 0.143. The van der Waals surface area contributed by atoms with Crippen molar-refractivity contribution in [3.63, 3.8) is 0 Å². The van der Waals surface area contributed by atoms with Gasteiger partial charge in [-0.3, -0.25) is 4.79 Å². The fraction of sp³-hybridized carbons (Fsp3) is 0.150. The molecule has 0 aromatic heterocycles. The molecule has 0 aliphatic rings. The van der Waals surface area contributed by atoms with Crippen molar-refractivity contribution < 1.29 is 14.6 Å². The molecule has 3 aromatic carbocycles. The second-order valence-corrected chi connectivity index (χ2v) is 5.53. The lowest BCUT2D eigenvalue weighted by atomic mass is 10.0. The molecule has 3 aromatic rings. The maximum atomic E-state index is 12.2. The molecule has 4 nitrogen and oxygen atoms in total. The molecule has 0 saturated heterocycles. The van der Waals surface area contributed by atoms with Gasteiger partial charge in [0.2, 0.25) is 0 Å². The van der Waals surface area contributed by atoms with Gasteiger partial charge in [-0.2, -0.15) is 0 Å². The normalized spacial score (nSPS) is 11.9. The maximum Gasteiger partial charge on any atom is 0.251 e. The van der Waals surface area contributed by atoms with Gasteiger partial charge in [-0.05, 0) is 34.5 Å². The minimum Gasteiger partial charge on any atom is -0.497 e. The number of nitrogens with one attached hydrogen (secondary N) is 1. The van der Waals surface area contributed by atoms with E-state index in [1.165, 1.54) is 0 Å². The van der Waals surface area contributed by atoms with Crippen LogP contribution in [0.4, 0.5) is 0 Å². The number of carbonyl (C=O) groups excluding carboxylic acids is 1. The molecule has 2 N–H and O–H groups in total. The van der Waals surface area contributed by atoms with Crippen LogP contribution in [0.5, 0.6) is 5.75 Å². The highest BCUT2D eigenvalue weighted by Gasteiger charge is 2.13. The van der Waals surface area contributed by atoms with Crippen LogP contribution >= 0.6 is 0 Å². The molecule has 0 aliphatic heterocycles. The van der Waals surface area contributed by atoms with E-state index in [9.17, 15) is 9.90 Å². The molecule has 0 bridgehead atoms. The lowest BCUT2D eigenvalue weighted by Crippen LogP contribution is -2.28. The largest absolute Gasteiger partial charge is 0.497 e. The fourth-order valence-corrected chi connectivity index (χ4v) is 2.71. The number of aliphatic hydroxyl groups excluding tert-OH is 1. The first kappa shape index (κ1) is 16.0. The lowest BCUT2D eigenvalue weighted by Gasteiger charge is -2.15. The number of amides is 1. The molecule has 0 aliphatic carbocycles. The fourth-order valence-electron chi connectivity index (χ4n) is 2.71. The predicted molar refractivity (Wildman–Crippen MR) is 94.2 cm³/mol. The van der Waals surface area contributed by atoms with Crippen LogP contribution < -0.4 is 10.1 Å². The number of ether oxygens (including phenoxy) is 1. The molecule has 24 heavy (non-hydrogen) atoms. The van der Waals surface area contributed by atoms with E-state index in [4.69, 9.17) is 4.74 Å². The van der Waals surface area contributed by atoms with Crippen molar-refractivity contribution in [2.45, 2.75) is 6.10 Å². The molecule has 0 fully saturated rings. The summed E-state index contributed by atoms with van der Waals surface area (Å²) in [7, 11) is 1.56. The Bertz CT molecular complexity index is 855. The van der Waals surface area contributed by atoms with Gasteiger partial charge in [0.15, 0.2) is 0 Å². The summed E-state index contributed by atoms with van der Waals surface area (Å²) in [6, 6.07) is 20.6. The van der Waals surface area contributed by atoms with Crippen LogP contribution in [0.25, 0.3) is 10.8 Å². The first-order chi connectivity index (χ1) is 11.7. The van der Waals surface area contributed by atoms with Crippen molar-refractivity contribution in [3.8, 4) is 5.75 Å². The van der Waals surface area contributed by atoms with Crippen LogP contribution in [0.1, 0.15) is 22.0 Å². The topological polar surface area (TPSA) is 58.6 Å². The average Bonchev–Trinajstić information content (AvgIpc) is 2.65. The standard InChI is InChI=1S/C20H19NO3/c1-24-16-9-4-8-15(12-16)20(23)21-13-19(22)18-11-5-7-14-6-2-3-10-17(14)18/h2-12,19,22H,13H2,1H3,(H,21,23). The molecular weight excluding hydrogens is 302 g/mol. The molecule has 4 heteroatoms. The highest BCUT2D eigenvalue weighted by atomic mass is 16.5. The van der Waals surface area contributed by atoms with Gasteiger partial charge in [0.1, 0.15) is 5.75 Å². The van der Waals surface area contributed by atoms with Crippen molar-refractivity contribution in [2.75, 3.05) is 13.7 Å². The van der Waals surface area contributed by atoms with Gasteiger partial charge in [0, 0.05) is 12.1 Å². The van der Waals surface area contributed by atoms with Gasteiger partial charge in [-0.15, -0.1) is 0 Å². The average molecular weight is 321 g/mol. The molecule has 122 valence electrons. The van der Waals surface area contributed by atoms with E-state index in [2.05, 4.69) is 5.32 Å². The van der Waals surface area contributed by atoms with Crippen LogP contribution in [0.2, 0.25) is 0 Å². The summed E-state index contributed by atoms with van der Waals surface area (Å²) in [5.41, 5.74) is 1.30. The number of benzene rings is 3. The van der Waals surface area contributed by atoms with Crippen LogP contribution in [0.15, 0.2) is 66.7 Å². The number of hydrogen-bond acceptors (Lipinski definition) is 3. The molecule has 3 rings (SSSR count). The van der Waals surface area contributed by atoms with Crippen molar-refractivity contribution in [1.82, 2.24) is 5.32 Å². The number of aliphatic hydroxyl groups is 1. The predicted octanol–water partition coefficient (Wildman–Crippen LogP) is 3.31. The van der Waals surface area contributed by atoms with E-state index in [0.29, 0.717) is 11.3 Å². The Balaban J connectivity index is 1.72. The number of carbonyl (C=O) groups is 1. The number of fused-ring (bicyclic) bond motifs is 1. The van der Waals surface area contributed by atoms with Crippen molar-refractivity contribution in [2.24, 2.45) is 0 Å². The van der Waals surface area contributed by atoms with Gasteiger partial charge < -0.3 is 15.2 Å². The van der Waals surface area contributed by atoms with E-state index in [1.807, 2.05) is 42.5 Å². The number of rotatable bonds is 5. The zero-order valence-corrected chi connectivity index (χ0v) is 13.4. The Labute approximate surface area is 140 Å². The maximum absolute atomic E-state index is 12.2. The molecular formula is C20H19NO3. The SMILES string of the molecule is COc1cccc(C(=O)NCC(O)c2cccc3ccccc23)c1. The highest BCUT2D eigenvalue weighted by Crippen LogP contribution is 2.24. The van der Waals surface area contributed by atoms with Crippen LogP contribution in [0.3, 0.4) is 0 Å². The summed E-state index contributed by atoms with van der Waals surface area (Å²) in [4.78, 5) is 12.2. The smallest absolute Gasteiger partial charge is 0.251 e. The quantitative estimate of drug-likeness (QED) is 0.758. The molecule has 1 atom stereocenters. The molecule has 0 radical (unpaired) electrons. The summed E-state index contributed by atoms with van der Waals surface area (Å²) in [5.74, 6) is 0.380. The molecule has 0 saturated carbocycles. The first-order valence-corrected chi connectivity index (χ1v) is 7.77. The molecule has 1 unspecified atom stereocenters. The van der Waals surface area contributed by atoms with Crippen molar-refractivity contribution in [3.05, 3.63) is 77.9 Å². The zero-order valence-electron chi connectivity index (χ0n) is 13.4. The Morgan fingerprint density at radius 2 is 1.83 bits per heavy atom. The van der Waals surface area contributed by atoms with Gasteiger partial charge in [0.05, 0.1) is 13.2 Å². The summed E-state index contributed by atoms with van der Waals surface area (Å²) >= 11 is 0. The van der Waals surface area contributed by atoms with Gasteiger partial charge in [-0.1, -0.05) is 48.5 Å².